The molecule has 2 aromatic rings. The van der Waals surface area contributed by atoms with Gasteiger partial charge in [0, 0.05) is 12.2 Å². The largest absolute Gasteiger partial charge is 0.311 e. The van der Waals surface area contributed by atoms with Crippen LogP contribution in [0, 0.1) is 0 Å². The first-order chi connectivity index (χ1) is 13.0. The Bertz CT molecular complexity index is 913. The fraction of sp³-hybridized carbons (Fsp3) is 0.318. The van der Waals surface area contributed by atoms with Crippen LogP contribution in [0.15, 0.2) is 42.5 Å². The standard InChI is InChI=1S/C22H22N2O3/c1-14(2)15-9-10-19-16(12-15)6-5-11-23(19)20(25)13-24-21(26)17-7-3-4-8-18(17)22(24)27/h3-4,7-10,12,14H,5-6,11,13H2,1-2H3. The van der Waals surface area contributed by atoms with Crippen molar-refractivity contribution in [3.8, 4) is 0 Å². The van der Waals surface area contributed by atoms with Crippen molar-refractivity contribution in [1.29, 1.82) is 0 Å². The Morgan fingerprint density at radius 3 is 2.33 bits per heavy atom. The van der Waals surface area contributed by atoms with Crippen molar-refractivity contribution < 1.29 is 14.4 Å². The van der Waals surface area contributed by atoms with Gasteiger partial charge < -0.3 is 4.90 Å². The Kier molecular flexibility index (Phi) is 4.30. The summed E-state index contributed by atoms with van der Waals surface area (Å²) >= 11 is 0. The molecule has 0 fully saturated rings. The molecule has 5 heteroatoms. The fourth-order valence-electron chi connectivity index (χ4n) is 3.84. The molecule has 2 heterocycles. The van der Waals surface area contributed by atoms with Gasteiger partial charge in [-0.2, -0.15) is 0 Å². The van der Waals surface area contributed by atoms with Gasteiger partial charge in [-0.3, -0.25) is 19.3 Å². The van der Waals surface area contributed by atoms with Crippen LogP contribution in [0.1, 0.15) is 58.0 Å². The lowest BCUT2D eigenvalue weighted by atomic mass is 9.95. The lowest BCUT2D eigenvalue weighted by Gasteiger charge is -2.31. The van der Waals surface area contributed by atoms with Crippen LogP contribution in [0.25, 0.3) is 0 Å². The van der Waals surface area contributed by atoms with E-state index in [9.17, 15) is 14.4 Å². The van der Waals surface area contributed by atoms with Gasteiger partial charge in [0.05, 0.1) is 11.1 Å². The van der Waals surface area contributed by atoms with E-state index < -0.39 is 11.8 Å². The average molecular weight is 362 g/mol. The van der Waals surface area contributed by atoms with E-state index in [4.69, 9.17) is 0 Å². The molecule has 27 heavy (non-hydrogen) atoms. The van der Waals surface area contributed by atoms with Gasteiger partial charge >= 0.3 is 0 Å². The third-order valence-electron chi connectivity index (χ3n) is 5.36. The Morgan fingerprint density at radius 2 is 1.70 bits per heavy atom. The summed E-state index contributed by atoms with van der Waals surface area (Å²) in [6, 6.07) is 12.9. The van der Waals surface area contributed by atoms with Gasteiger partial charge in [0.1, 0.15) is 6.54 Å². The van der Waals surface area contributed by atoms with Crippen LogP contribution in [0.5, 0.6) is 0 Å². The maximum Gasteiger partial charge on any atom is 0.262 e. The van der Waals surface area contributed by atoms with Gasteiger partial charge in [0.2, 0.25) is 5.91 Å². The number of benzene rings is 2. The first kappa shape index (κ1) is 17.5. The van der Waals surface area contributed by atoms with E-state index in [0.29, 0.717) is 23.6 Å². The van der Waals surface area contributed by atoms with E-state index in [1.165, 1.54) is 5.56 Å². The van der Waals surface area contributed by atoms with Crippen molar-refractivity contribution in [1.82, 2.24) is 4.90 Å². The van der Waals surface area contributed by atoms with Crippen LogP contribution in [-0.2, 0) is 11.2 Å². The number of fused-ring (bicyclic) bond motifs is 2. The molecule has 138 valence electrons. The molecule has 0 bridgehead atoms. The number of aryl methyl sites for hydroxylation is 1. The van der Waals surface area contributed by atoms with Crippen LogP contribution >= 0.6 is 0 Å². The highest BCUT2D eigenvalue weighted by Gasteiger charge is 2.37. The third kappa shape index (κ3) is 2.93. The van der Waals surface area contributed by atoms with Crippen LogP contribution in [0.4, 0.5) is 5.69 Å². The predicted octanol–water partition coefficient (Wildman–Crippen LogP) is 3.39. The van der Waals surface area contributed by atoms with Gasteiger partial charge in [-0.15, -0.1) is 0 Å². The maximum absolute atomic E-state index is 13.0. The summed E-state index contributed by atoms with van der Waals surface area (Å²) in [6.07, 6.45) is 1.81. The molecular formula is C22H22N2O3. The normalized spacial score (nSPS) is 16.0. The number of amides is 3. The summed E-state index contributed by atoms with van der Waals surface area (Å²) < 4.78 is 0. The second kappa shape index (κ2) is 6.65. The van der Waals surface area contributed by atoms with Gasteiger partial charge in [0.15, 0.2) is 0 Å². The molecule has 2 aliphatic heterocycles. The van der Waals surface area contributed by atoms with Gasteiger partial charge in [-0.05, 0) is 48.1 Å². The van der Waals surface area contributed by atoms with Crippen molar-refractivity contribution in [3.05, 3.63) is 64.7 Å². The molecule has 2 aromatic carbocycles. The number of carbonyl (C=O) groups excluding carboxylic acids is 3. The first-order valence-electron chi connectivity index (χ1n) is 9.36. The van der Waals surface area contributed by atoms with E-state index in [0.717, 1.165) is 29.0 Å². The second-order valence-electron chi connectivity index (χ2n) is 7.43. The third-order valence-corrected chi connectivity index (χ3v) is 5.36. The Labute approximate surface area is 158 Å². The minimum atomic E-state index is -0.392. The average Bonchev–Trinajstić information content (AvgIpc) is 2.92. The lowest BCUT2D eigenvalue weighted by Crippen LogP contribution is -2.44. The molecule has 0 aromatic heterocycles. The highest BCUT2D eigenvalue weighted by atomic mass is 16.2. The second-order valence-corrected chi connectivity index (χ2v) is 7.43. The van der Waals surface area contributed by atoms with Gasteiger partial charge in [-0.1, -0.05) is 38.1 Å². The van der Waals surface area contributed by atoms with E-state index in [-0.39, 0.29) is 12.5 Å². The number of rotatable bonds is 3. The van der Waals surface area contributed by atoms with E-state index in [2.05, 4.69) is 26.0 Å². The minimum Gasteiger partial charge on any atom is -0.311 e. The summed E-state index contributed by atoms with van der Waals surface area (Å²) in [4.78, 5) is 40.8. The van der Waals surface area contributed by atoms with Crippen molar-refractivity contribution in [2.24, 2.45) is 0 Å². The van der Waals surface area contributed by atoms with E-state index in [1.807, 2.05) is 6.07 Å². The molecule has 0 saturated carbocycles. The highest BCUT2D eigenvalue weighted by Crippen LogP contribution is 2.31. The van der Waals surface area contributed by atoms with E-state index in [1.54, 1.807) is 29.2 Å². The smallest absolute Gasteiger partial charge is 0.262 e. The molecule has 0 unspecified atom stereocenters. The molecule has 0 saturated heterocycles. The molecule has 0 aliphatic carbocycles. The fourth-order valence-corrected chi connectivity index (χ4v) is 3.84. The number of imide groups is 1. The molecule has 2 aliphatic rings. The quantitative estimate of drug-likeness (QED) is 0.787. The zero-order valence-electron chi connectivity index (χ0n) is 15.6. The lowest BCUT2D eigenvalue weighted by molar-refractivity contribution is -0.119. The Balaban J connectivity index is 1.57. The van der Waals surface area contributed by atoms with Crippen molar-refractivity contribution in [2.45, 2.75) is 32.6 Å². The predicted molar refractivity (Wildman–Crippen MR) is 103 cm³/mol. The number of anilines is 1. The number of nitrogens with zero attached hydrogens (tertiary/aromatic N) is 2. The summed E-state index contributed by atoms with van der Waals surface area (Å²) in [5, 5.41) is 0. The molecule has 5 nitrogen and oxygen atoms in total. The zero-order chi connectivity index (χ0) is 19.1. The molecule has 0 atom stereocenters. The molecular weight excluding hydrogens is 340 g/mol. The summed E-state index contributed by atoms with van der Waals surface area (Å²) in [5.74, 6) is -0.574. The van der Waals surface area contributed by atoms with E-state index >= 15 is 0 Å². The minimum absolute atomic E-state index is 0.220. The Morgan fingerprint density at radius 1 is 1.04 bits per heavy atom. The monoisotopic (exact) mass is 362 g/mol. The van der Waals surface area contributed by atoms with Crippen molar-refractivity contribution in [2.75, 3.05) is 18.0 Å². The Hall–Kier alpha value is -2.95. The molecule has 0 spiro atoms. The topological polar surface area (TPSA) is 57.7 Å². The SMILES string of the molecule is CC(C)c1ccc2c(c1)CCCN2C(=O)CN1C(=O)c2ccccc2C1=O. The van der Waals surface area contributed by atoms with Crippen LogP contribution < -0.4 is 4.90 Å². The molecule has 4 rings (SSSR count). The summed E-state index contributed by atoms with van der Waals surface area (Å²) in [5.41, 5.74) is 4.05. The molecule has 0 radical (unpaired) electrons. The van der Waals surface area contributed by atoms with Crippen molar-refractivity contribution >= 4 is 23.4 Å². The van der Waals surface area contributed by atoms with Crippen LogP contribution in [0.3, 0.4) is 0 Å². The van der Waals surface area contributed by atoms with Crippen LogP contribution in [-0.4, -0.2) is 35.7 Å². The summed E-state index contributed by atoms with van der Waals surface area (Å²) in [7, 11) is 0. The van der Waals surface area contributed by atoms with Gasteiger partial charge in [-0.25, -0.2) is 0 Å². The van der Waals surface area contributed by atoms with Crippen LogP contribution in [0.2, 0.25) is 0 Å². The van der Waals surface area contributed by atoms with Crippen molar-refractivity contribution in [3.63, 3.8) is 0 Å². The highest BCUT2D eigenvalue weighted by molar-refractivity contribution is 6.22. The maximum atomic E-state index is 13.0. The summed E-state index contributed by atoms with van der Waals surface area (Å²) in [6.45, 7) is 4.68. The number of hydrogen-bond donors (Lipinski definition) is 0. The first-order valence-corrected chi connectivity index (χ1v) is 9.36. The molecule has 3 amide bonds. The van der Waals surface area contributed by atoms with Gasteiger partial charge in [0.25, 0.3) is 11.8 Å². The zero-order valence-corrected chi connectivity index (χ0v) is 15.6. The number of hydrogen-bond acceptors (Lipinski definition) is 3. The molecule has 0 N–H and O–H groups in total. The number of carbonyl (C=O) groups is 3.